The third kappa shape index (κ3) is 5.20. The summed E-state index contributed by atoms with van der Waals surface area (Å²) in [6, 6.07) is 10.2. The van der Waals surface area contributed by atoms with Gasteiger partial charge >= 0.3 is 0 Å². The van der Waals surface area contributed by atoms with Crippen molar-refractivity contribution in [1.82, 2.24) is 0 Å². The molecule has 0 aliphatic heterocycles. The van der Waals surface area contributed by atoms with Gasteiger partial charge in [-0.15, -0.1) is 0 Å². The second kappa shape index (κ2) is 8.29. The van der Waals surface area contributed by atoms with Gasteiger partial charge in [0.25, 0.3) is 0 Å². The Kier molecular flexibility index (Phi) is 6.39. The van der Waals surface area contributed by atoms with Crippen molar-refractivity contribution in [3.05, 3.63) is 51.5 Å². The summed E-state index contributed by atoms with van der Waals surface area (Å²) < 4.78 is 5.18. The third-order valence-electron chi connectivity index (χ3n) is 3.03. The van der Waals surface area contributed by atoms with Crippen molar-refractivity contribution >= 4 is 52.1 Å². The topological polar surface area (TPSA) is 50.4 Å². The number of rotatable bonds is 6. The van der Waals surface area contributed by atoms with Crippen LogP contribution >= 0.6 is 34.8 Å². The van der Waals surface area contributed by atoms with E-state index in [1.54, 1.807) is 36.4 Å². The van der Waals surface area contributed by atoms with Crippen molar-refractivity contribution in [2.45, 2.75) is 6.42 Å². The molecule has 0 atom stereocenters. The van der Waals surface area contributed by atoms with Crippen molar-refractivity contribution in [2.24, 2.45) is 0 Å². The molecule has 0 saturated heterocycles. The quantitative estimate of drug-likeness (QED) is 0.741. The number of hydrogen-bond donors (Lipinski definition) is 2. The van der Waals surface area contributed by atoms with Gasteiger partial charge in [-0.05, 0) is 36.4 Å². The van der Waals surface area contributed by atoms with Gasteiger partial charge in [0.1, 0.15) is 5.75 Å². The van der Waals surface area contributed by atoms with Gasteiger partial charge in [-0.25, -0.2) is 0 Å². The van der Waals surface area contributed by atoms with Crippen LogP contribution < -0.4 is 15.4 Å². The normalized spacial score (nSPS) is 10.3. The SMILES string of the molecule is COc1ccc(Cl)cc1NC(=O)CCNc1ccc(Cl)cc1Cl. The largest absolute Gasteiger partial charge is 0.495 e. The standard InChI is InChI=1S/C16H15Cl3N2O2/c1-23-15-5-3-11(18)9-14(15)21-16(22)6-7-20-13-4-2-10(17)8-12(13)19/h2-5,8-9,20H,6-7H2,1H3,(H,21,22). The minimum Gasteiger partial charge on any atom is -0.495 e. The lowest BCUT2D eigenvalue weighted by Crippen LogP contribution is -2.16. The number of halogens is 3. The monoisotopic (exact) mass is 372 g/mol. The molecular formula is C16H15Cl3N2O2. The lowest BCUT2D eigenvalue weighted by Gasteiger charge is -2.11. The molecule has 0 radical (unpaired) electrons. The van der Waals surface area contributed by atoms with Crippen LogP contribution in [0.5, 0.6) is 5.75 Å². The van der Waals surface area contributed by atoms with E-state index in [0.29, 0.717) is 33.0 Å². The molecule has 7 heteroatoms. The molecule has 23 heavy (non-hydrogen) atoms. The molecule has 2 aromatic rings. The number of ether oxygens (including phenoxy) is 1. The highest BCUT2D eigenvalue weighted by molar-refractivity contribution is 6.36. The Labute approximate surface area is 149 Å². The summed E-state index contributed by atoms with van der Waals surface area (Å²) in [5.41, 5.74) is 1.26. The Bertz CT molecular complexity index is 708. The highest BCUT2D eigenvalue weighted by Gasteiger charge is 2.09. The van der Waals surface area contributed by atoms with Gasteiger partial charge in [-0.2, -0.15) is 0 Å². The zero-order chi connectivity index (χ0) is 16.8. The fourth-order valence-corrected chi connectivity index (χ4v) is 2.58. The molecule has 0 saturated carbocycles. The number of benzene rings is 2. The smallest absolute Gasteiger partial charge is 0.226 e. The number of carbonyl (C=O) groups excluding carboxylic acids is 1. The zero-order valence-electron chi connectivity index (χ0n) is 12.3. The summed E-state index contributed by atoms with van der Waals surface area (Å²) in [7, 11) is 1.53. The van der Waals surface area contributed by atoms with E-state index in [9.17, 15) is 4.79 Å². The summed E-state index contributed by atoms with van der Waals surface area (Å²) in [6.45, 7) is 0.427. The Morgan fingerprint density at radius 1 is 1.04 bits per heavy atom. The van der Waals surface area contributed by atoms with Crippen molar-refractivity contribution in [3.63, 3.8) is 0 Å². The van der Waals surface area contributed by atoms with Crippen molar-refractivity contribution < 1.29 is 9.53 Å². The highest BCUT2D eigenvalue weighted by Crippen LogP contribution is 2.28. The van der Waals surface area contributed by atoms with E-state index in [1.165, 1.54) is 7.11 Å². The molecular weight excluding hydrogens is 359 g/mol. The van der Waals surface area contributed by atoms with E-state index >= 15 is 0 Å². The van der Waals surface area contributed by atoms with Crippen LogP contribution in [-0.4, -0.2) is 19.6 Å². The molecule has 0 aliphatic carbocycles. The Balaban J connectivity index is 1.89. The fraction of sp³-hybridized carbons (Fsp3) is 0.188. The average Bonchev–Trinajstić information content (AvgIpc) is 2.50. The molecule has 1 amide bonds. The van der Waals surface area contributed by atoms with Crippen LogP contribution in [0.25, 0.3) is 0 Å². The molecule has 122 valence electrons. The van der Waals surface area contributed by atoms with E-state index in [4.69, 9.17) is 39.5 Å². The molecule has 0 bridgehead atoms. The van der Waals surface area contributed by atoms with Gasteiger partial charge in [0, 0.05) is 23.0 Å². The third-order valence-corrected chi connectivity index (χ3v) is 3.82. The number of hydrogen-bond acceptors (Lipinski definition) is 3. The number of methoxy groups -OCH3 is 1. The number of nitrogens with one attached hydrogen (secondary N) is 2. The minimum atomic E-state index is -0.164. The highest BCUT2D eigenvalue weighted by atomic mass is 35.5. The van der Waals surface area contributed by atoms with E-state index in [1.807, 2.05) is 0 Å². The molecule has 2 aromatic carbocycles. The summed E-state index contributed by atoms with van der Waals surface area (Å²) in [4.78, 5) is 12.0. The molecule has 0 unspecified atom stereocenters. The van der Waals surface area contributed by atoms with Crippen LogP contribution in [0, 0.1) is 0 Å². The maximum atomic E-state index is 12.0. The van der Waals surface area contributed by atoms with Gasteiger partial charge in [0.05, 0.1) is 23.5 Å². The van der Waals surface area contributed by atoms with Gasteiger partial charge in [-0.3, -0.25) is 4.79 Å². The number of anilines is 2. The summed E-state index contributed by atoms with van der Waals surface area (Å²) >= 11 is 17.8. The maximum Gasteiger partial charge on any atom is 0.226 e. The van der Waals surface area contributed by atoms with Crippen LogP contribution in [0.4, 0.5) is 11.4 Å². The van der Waals surface area contributed by atoms with Crippen molar-refractivity contribution in [2.75, 3.05) is 24.3 Å². The number of carbonyl (C=O) groups is 1. The van der Waals surface area contributed by atoms with E-state index in [2.05, 4.69) is 10.6 Å². The Morgan fingerprint density at radius 3 is 2.43 bits per heavy atom. The van der Waals surface area contributed by atoms with E-state index < -0.39 is 0 Å². The van der Waals surface area contributed by atoms with Gasteiger partial charge in [-0.1, -0.05) is 34.8 Å². The molecule has 2 N–H and O–H groups in total. The van der Waals surface area contributed by atoms with E-state index in [0.717, 1.165) is 5.69 Å². The summed E-state index contributed by atoms with van der Waals surface area (Å²) in [5, 5.41) is 7.45. The first-order valence-corrected chi connectivity index (χ1v) is 7.95. The van der Waals surface area contributed by atoms with Crippen LogP contribution in [0.15, 0.2) is 36.4 Å². The first kappa shape index (κ1) is 17.7. The van der Waals surface area contributed by atoms with Crippen molar-refractivity contribution in [3.8, 4) is 5.75 Å². The van der Waals surface area contributed by atoms with Gasteiger partial charge in [0.15, 0.2) is 0 Å². The van der Waals surface area contributed by atoms with Crippen molar-refractivity contribution in [1.29, 1.82) is 0 Å². The minimum absolute atomic E-state index is 0.164. The summed E-state index contributed by atoms with van der Waals surface area (Å²) in [6.07, 6.45) is 0.259. The molecule has 2 rings (SSSR count). The first-order chi connectivity index (χ1) is 11.0. The fourth-order valence-electron chi connectivity index (χ4n) is 1.93. The molecule has 0 fully saturated rings. The van der Waals surface area contributed by atoms with Crippen LogP contribution in [0.3, 0.4) is 0 Å². The molecule has 0 aromatic heterocycles. The Hall–Kier alpha value is -1.62. The predicted octanol–water partition coefficient (Wildman–Crippen LogP) is 5.10. The first-order valence-electron chi connectivity index (χ1n) is 6.82. The second-order valence-electron chi connectivity index (χ2n) is 4.69. The van der Waals surface area contributed by atoms with Crippen LogP contribution in [0.2, 0.25) is 15.1 Å². The zero-order valence-corrected chi connectivity index (χ0v) is 14.6. The van der Waals surface area contributed by atoms with Gasteiger partial charge < -0.3 is 15.4 Å². The molecule has 4 nitrogen and oxygen atoms in total. The lowest BCUT2D eigenvalue weighted by molar-refractivity contribution is -0.115. The lowest BCUT2D eigenvalue weighted by atomic mass is 10.2. The summed E-state index contributed by atoms with van der Waals surface area (Å²) in [5.74, 6) is 0.389. The van der Waals surface area contributed by atoms with E-state index in [-0.39, 0.29) is 12.3 Å². The molecule has 0 heterocycles. The molecule has 0 spiro atoms. The molecule has 0 aliphatic rings. The Morgan fingerprint density at radius 2 is 1.74 bits per heavy atom. The number of amides is 1. The maximum absolute atomic E-state index is 12.0. The van der Waals surface area contributed by atoms with Gasteiger partial charge in [0.2, 0.25) is 5.91 Å². The predicted molar refractivity (Wildman–Crippen MR) is 96.2 cm³/mol. The second-order valence-corrected chi connectivity index (χ2v) is 5.97. The van der Waals surface area contributed by atoms with Crippen LogP contribution in [0.1, 0.15) is 6.42 Å². The van der Waals surface area contributed by atoms with Crippen LogP contribution in [-0.2, 0) is 4.79 Å². The average molecular weight is 374 g/mol.